The molecule has 8 nitrogen and oxygen atoms in total. The number of benzene rings is 1. The van der Waals surface area contributed by atoms with E-state index in [1.165, 1.54) is 82.4 Å². The molecule has 1 aromatic carbocycles. The van der Waals surface area contributed by atoms with E-state index in [2.05, 4.69) is 33.7 Å². The molecule has 0 bridgehead atoms. The molecule has 1 aliphatic rings. The third-order valence-electron chi connectivity index (χ3n) is 6.73. The summed E-state index contributed by atoms with van der Waals surface area (Å²) in [7, 11) is 0. The molecule has 2 N–H and O–H groups in total. The molecular weight excluding hydrogens is 488 g/mol. The summed E-state index contributed by atoms with van der Waals surface area (Å²) < 4.78 is 0. The number of carboxylic acid groups (broad SMARTS) is 2. The van der Waals surface area contributed by atoms with E-state index in [0.29, 0.717) is 12.8 Å². The minimum atomic E-state index is -1.07. The average Bonchev–Trinajstić information content (AvgIpc) is 3.32. The summed E-state index contributed by atoms with van der Waals surface area (Å²) >= 11 is 1.31. The van der Waals surface area contributed by atoms with Crippen LogP contribution in [0.2, 0.25) is 0 Å². The van der Waals surface area contributed by atoms with Crippen molar-refractivity contribution in [2.75, 3.05) is 0 Å². The molecule has 0 aromatic heterocycles. The summed E-state index contributed by atoms with van der Waals surface area (Å²) in [5.74, 6) is -1.79. The number of rotatable bonds is 22. The molecule has 1 aromatic rings. The number of aliphatic carboxylic acids is 2. The van der Waals surface area contributed by atoms with E-state index >= 15 is 0 Å². The molecule has 1 unspecified atom stereocenters. The van der Waals surface area contributed by atoms with Gasteiger partial charge in [0.05, 0.1) is 6.42 Å². The Bertz CT molecular complexity index is 865. The van der Waals surface area contributed by atoms with Gasteiger partial charge in [0, 0.05) is 18.1 Å². The molecule has 1 heterocycles. The first kappa shape index (κ1) is 30.9. The fraction of sp³-hybridized carbons (Fsp3) is 0.714. The Labute approximate surface area is 225 Å². The van der Waals surface area contributed by atoms with Crippen LogP contribution in [0.3, 0.4) is 0 Å². The van der Waals surface area contributed by atoms with Crippen molar-refractivity contribution in [1.29, 1.82) is 0 Å². The van der Waals surface area contributed by atoms with Gasteiger partial charge in [0.1, 0.15) is 0 Å². The lowest BCUT2D eigenvalue weighted by molar-refractivity contribution is -0.138. The normalized spacial score (nSPS) is 14.7. The Morgan fingerprint density at radius 3 is 1.95 bits per heavy atom. The van der Waals surface area contributed by atoms with Crippen LogP contribution in [-0.2, 0) is 16.0 Å². The van der Waals surface area contributed by atoms with Gasteiger partial charge < -0.3 is 10.2 Å². The zero-order chi connectivity index (χ0) is 26.8. The second-order valence-electron chi connectivity index (χ2n) is 9.91. The number of aryl methyl sites for hydroxylation is 1. The van der Waals surface area contributed by atoms with Crippen molar-refractivity contribution in [1.82, 2.24) is 0 Å². The number of nitrogens with zero attached hydrogens (tertiary/aromatic N) is 4. The number of carboxylic acids is 2. The molecule has 0 amide bonds. The second kappa shape index (κ2) is 18.0. The van der Waals surface area contributed by atoms with Crippen LogP contribution in [0.4, 0.5) is 0 Å². The summed E-state index contributed by atoms with van der Waals surface area (Å²) in [6.07, 6.45) is 17.1. The predicted octanol–water partition coefficient (Wildman–Crippen LogP) is 8.92. The van der Waals surface area contributed by atoms with E-state index in [1.807, 2.05) is 18.2 Å². The van der Waals surface area contributed by atoms with Crippen molar-refractivity contribution in [3.63, 3.8) is 0 Å². The van der Waals surface area contributed by atoms with Gasteiger partial charge in [-0.2, -0.15) is 0 Å². The molecule has 0 spiro atoms. The van der Waals surface area contributed by atoms with Crippen molar-refractivity contribution in [2.45, 2.75) is 126 Å². The highest BCUT2D eigenvalue weighted by molar-refractivity contribution is 8.00. The Morgan fingerprint density at radius 2 is 1.38 bits per heavy atom. The van der Waals surface area contributed by atoms with Crippen LogP contribution in [0.1, 0.15) is 126 Å². The maximum absolute atomic E-state index is 11.7. The SMILES string of the molecule is CCCCCCCCCCCCCCc1ccccc1C(CC(=O)O)SC1(CCCC(=O)O)N=NN=N1. The minimum Gasteiger partial charge on any atom is -0.481 e. The predicted molar refractivity (Wildman–Crippen MR) is 148 cm³/mol. The third kappa shape index (κ3) is 12.7. The van der Waals surface area contributed by atoms with E-state index in [-0.39, 0.29) is 18.1 Å². The summed E-state index contributed by atoms with van der Waals surface area (Å²) in [6, 6.07) is 8.01. The number of thioether (sulfide) groups is 1. The van der Waals surface area contributed by atoms with Crippen molar-refractivity contribution < 1.29 is 19.8 Å². The Kier molecular flexibility index (Phi) is 15.1. The monoisotopic (exact) mass is 532 g/mol. The van der Waals surface area contributed by atoms with E-state index < -0.39 is 16.9 Å². The first-order chi connectivity index (χ1) is 18.0. The molecular formula is C28H44N4O4S. The van der Waals surface area contributed by atoms with Gasteiger partial charge in [-0.25, -0.2) is 0 Å². The van der Waals surface area contributed by atoms with Gasteiger partial charge in [0.2, 0.25) is 4.99 Å². The molecule has 0 saturated carbocycles. The van der Waals surface area contributed by atoms with E-state index in [9.17, 15) is 14.7 Å². The molecule has 206 valence electrons. The van der Waals surface area contributed by atoms with Crippen molar-refractivity contribution in [2.24, 2.45) is 20.7 Å². The van der Waals surface area contributed by atoms with Gasteiger partial charge in [0.25, 0.3) is 0 Å². The fourth-order valence-electron chi connectivity index (χ4n) is 4.71. The zero-order valence-electron chi connectivity index (χ0n) is 22.3. The van der Waals surface area contributed by atoms with Crippen molar-refractivity contribution in [3.8, 4) is 0 Å². The highest BCUT2D eigenvalue weighted by Crippen LogP contribution is 2.48. The van der Waals surface area contributed by atoms with Crippen molar-refractivity contribution >= 4 is 23.7 Å². The Morgan fingerprint density at radius 1 is 0.811 bits per heavy atom. The molecule has 0 radical (unpaired) electrons. The molecule has 0 fully saturated rings. The molecule has 0 saturated heterocycles. The number of unbranched alkanes of at least 4 members (excludes halogenated alkanes) is 11. The zero-order valence-corrected chi connectivity index (χ0v) is 23.1. The van der Waals surface area contributed by atoms with Crippen LogP contribution < -0.4 is 0 Å². The van der Waals surface area contributed by atoms with Gasteiger partial charge in [0.15, 0.2) is 0 Å². The standard InChI is InChI=1S/C28H44N4O4S/c1-2-3-4-5-6-7-8-9-10-11-12-13-17-23-18-14-15-19-24(23)25(22-27(35)36)37-28(29-31-32-30-28)21-16-20-26(33)34/h14-15,18-19,25H,2-13,16-17,20-22H2,1H3,(H,33,34)(H,35,36). The smallest absolute Gasteiger partial charge is 0.304 e. The largest absolute Gasteiger partial charge is 0.481 e. The lowest BCUT2D eigenvalue weighted by atomic mass is 9.97. The fourth-order valence-corrected chi connectivity index (χ4v) is 6.18. The molecule has 9 heteroatoms. The summed E-state index contributed by atoms with van der Waals surface area (Å²) in [5.41, 5.74) is 2.13. The Hall–Kier alpha value is -2.29. The van der Waals surface area contributed by atoms with Gasteiger partial charge >= 0.3 is 11.9 Å². The molecule has 0 aliphatic carbocycles. The van der Waals surface area contributed by atoms with E-state index in [0.717, 1.165) is 24.0 Å². The second-order valence-corrected chi connectivity index (χ2v) is 11.4. The maximum atomic E-state index is 11.7. The molecule has 2 rings (SSSR count). The van der Waals surface area contributed by atoms with Gasteiger partial charge in [-0.1, -0.05) is 114 Å². The Balaban J connectivity index is 1.86. The van der Waals surface area contributed by atoms with Crippen LogP contribution in [0.15, 0.2) is 44.9 Å². The van der Waals surface area contributed by atoms with Crippen LogP contribution >= 0.6 is 11.8 Å². The van der Waals surface area contributed by atoms with Crippen LogP contribution in [-0.4, -0.2) is 27.1 Å². The molecule has 37 heavy (non-hydrogen) atoms. The quantitative estimate of drug-likeness (QED) is 0.144. The lowest BCUT2D eigenvalue weighted by Gasteiger charge is -2.26. The number of hydrogen-bond acceptors (Lipinski definition) is 7. The number of carbonyl (C=O) groups is 2. The highest BCUT2D eigenvalue weighted by Gasteiger charge is 2.38. The van der Waals surface area contributed by atoms with E-state index in [1.54, 1.807) is 0 Å². The van der Waals surface area contributed by atoms with E-state index in [4.69, 9.17) is 5.11 Å². The first-order valence-electron chi connectivity index (χ1n) is 14.0. The van der Waals surface area contributed by atoms with Gasteiger partial charge in [-0.15, -0.1) is 10.2 Å². The van der Waals surface area contributed by atoms with Crippen LogP contribution in [0.25, 0.3) is 0 Å². The first-order valence-corrected chi connectivity index (χ1v) is 14.9. The summed E-state index contributed by atoms with van der Waals surface area (Å²) in [5, 5.41) is 33.9. The molecule has 1 aliphatic heterocycles. The topological polar surface area (TPSA) is 124 Å². The molecule has 1 atom stereocenters. The highest BCUT2D eigenvalue weighted by atomic mass is 32.2. The van der Waals surface area contributed by atoms with Gasteiger partial charge in [-0.05, 0) is 40.8 Å². The average molecular weight is 533 g/mol. The summed E-state index contributed by atoms with van der Waals surface area (Å²) in [6.45, 7) is 2.25. The third-order valence-corrected chi connectivity index (χ3v) is 8.18. The maximum Gasteiger partial charge on any atom is 0.304 e. The van der Waals surface area contributed by atoms with Crippen LogP contribution in [0.5, 0.6) is 0 Å². The van der Waals surface area contributed by atoms with Gasteiger partial charge in [-0.3, -0.25) is 9.59 Å². The minimum absolute atomic E-state index is 0.00745. The number of hydrogen-bond donors (Lipinski definition) is 2. The summed E-state index contributed by atoms with van der Waals surface area (Å²) in [4.78, 5) is 21.7. The van der Waals surface area contributed by atoms with Crippen LogP contribution in [0, 0.1) is 0 Å². The van der Waals surface area contributed by atoms with Crippen molar-refractivity contribution in [3.05, 3.63) is 35.4 Å². The lowest BCUT2D eigenvalue weighted by Crippen LogP contribution is -2.21.